The summed E-state index contributed by atoms with van der Waals surface area (Å²) < 4.78 is 35.7. The van der Waals surface area contributed by atoms with Gasteiger partial charge in [-0.15, -0.1) is 0 Å². The number of nitrogens with zero attached hydrogens (tertiary/aromatic N) is 2. The minimum Gasteiger partial charge on any atom is -0.272 e. The summed E-state index contributed by atoms with van der Waals surface area (Å²) in [4.78, 5) is 3.99. The topological polar surface area (TPSA) is 15.6 Å². The van der Waals surface area contributed by atoms with Crippen LogP contribution in [0.4, 0.5) is 13.2 Å². The zero-order valence-corrected chi connectivity index (χ0v) is 6.10. The van der Waals surface area contributed by atoms with Crippen LogP contribution in [0.15, 0.2) is 4.99 Å². The third-order valence-corrected chi connectivity index (χ3v) is 1.62. The predicted molar refractivity (Wildman–Crippen MR) is 35.3 cm³/mol. The van der Waals surface area contributed by atoms with Gasteiger partial charge in [-0.3, -0.25) is 9.89 Å². The first-order chi connectivity index (χ1) is 5.04. The van der Waals surface area contributed by atoms with Crippen LogP contribution in [-0.2, 0) is 0 Å². The van der Waals surface area contributed by atoms with Gasteiger partial charge in [0.15, 0.2) is 0 Å². The van der Waals surface area contributed by atoms with Crippen molar-refractivity contribution < 1.29 is 13.2 Å². The smallest absolute Gasteiger partial charge is 0.272 e. The van der Waals surface area contributed by atoms with E-state index in [1.807, 2.05) is 6.92 Å². The standard InChI is InChI=1S/C6H9F3N2/c1-2-5-3-11(4-10-5)6(7,8)9/h4-5H,2-3H2,1H3. The molecular weight excluding hydrogens is 157 g/mol. The van der Waals surface area contributed by atoms with Gasteiger partial charge in [-0.05, 0) is 6.42 Å². The normalized spacial score (nSPS) is 24.7. The van der Waals surface area contributed by atoms with Gasteiger partial charge >= 0.3 is 6.30 Å². The molecule has 0 radical (unpaired) electrons. The minimum absolute atomic E-state index is 0.0278. The molecule has 0 aromatic rings. The van der Waals surface area contributed by atoms with Gasteiger partial charge in [-0.25, -0.2) is 0 Å². The van der Waals surface area contributed by atoms with Gasteiger partial charge in [0.25, 0.3) is 0 Å². The lowest BCUT2D eigenvalue weighted by Gasteiger charge is -2.18. The number of aliphatic imine (C=N–C) groups is 1. The lowest BCUT2D eigenvalue weighted by molar-refractivity contribution is -0.213. The van der Waals surface area contributed by atoms with Gasteiger partial charge in [0.05, 0.1) is 12.4 Å². The Bertz CT molecular complexity index is 164. The van der Waals surface area contributed by atoms with Gasteiger partial charge in [0.2, 0.25) is 0 Å². The average molecular weight is 166 g/mol. The minimum atomic E-state index is -4.26. The zero-order valence-electron chi connectivity index (χ0n) is 6.10. The van der Waals surface area contributed by atoms with E-state index in [1.165, 1.54) is 0 Å². The summed E-state index contributed by atoms with van der Waals surface area (Å²) in [6, 6.07) is -0.184. The molecule has 64 valence electrons. The molecule has 0 aliphatic carbocycles. The Kier molecular flexibility index (Phi) is 2.06. The molecule has 0 fully saturated rings. The summed E-state index contributed by atoms with van der Waals surface area (Å²) in [5.41, 5.74) is 0. The van der Waals surface area contributed by atoms with Crippen molar-refractivity contribution in [2.75, 3.05) is 6.54 Å². The molecule has 2 nitrogen and oxygen atoms in total. The Morgan fingerprint density at radius 1 is 1.64 bits per heavy atom. The fourth-order valence-electron chi connectivity index (χ4n) is 0.900. The number of hydrogen-bond donors (Lipinski definition) is 0. The number of alkyl halides is 3. The van der Waals surface area contributed by atoms with E-state index >= 15 is 0 Å². The molecule has 1 aliphatic heterocycles. The van der Waals surface area contributed by atoms with Crippen LogP contribution >= 0.6 is 0 Å². The first kappa shape index (κ1) is 8.36. The third-order valence-electron chi connectivity index (χ3n) is 1.62. The highest BCUT2D eigenvalue weighted by atomic mass is 19.4. The molecule has 11 heavy (non-hydrogen) atoms. The maximum Gasteiger partial charge on any atom is 0.485 e. The average Bonchev–Trinajstić information content (AvgIpc) is 2.32. The largest absolute Gasteiger partial charge is 0.485 e. The van der Waals surface area contributed by atoms with Crippen molar-refractivity contribution in [3.8, 4) is 0 Å². The molecule has 0 amide bonds. The van der Waals surface area contributed by atoms with Crippen molar-refractivity contribution in [1.29, 1.82) is 0 Å². The first-order valence-electron chi connectivity index (χ1n) is 3.40. The van der Waals surface area contributed by atoms with Crippen LogP contribution in [0.5, 0.6) is 0 Å². The molecule has 1 aliphatic rings. The second kappa shape index (κ2) is 2.71. The monoisotopic (exact) mass is 166 g/mol. The van der Waals surface area contributed by atoms with Crippen LogP contribution < -0.4 is 0 Å². The molecule has 0 aromatic carbocycles. The molecule has 1 heterocycles. The molecule has 0 N–H and O–H groups in total. The zero-order chi connectivity index (χ0) is 8.48. The SMILES string of the molecule is CCC1CN(C(F)(F)F)C=N1. The number of rotatable bonds is 1. The first-order valence-corrected chi connectivity index (χ1v) is 3.40. The van der Waals surface area contributed by atoms with Crippen molar-refractivity contribution in [2.45, 2.75) is 25.7 Å². The predicted octanol–water partition coefficient (Wildman–Crippen LogP) is 1.63. The number of hydrogen-bond acceptors (Lipinski definition) is 2. The molecule has 0 bridgehead atoms. The maximum atomic E-state index is 11.9. The Morgan fingerprint density at radius 2 is 2.27 bits per heavy atom. The summed E-state index contributed by atoms with van der Waals surface area (Å²) in [6.07, 6.45) is -2.73. The van der Waals surface area contributed by atoms with E-state index in [1.54, 1.807) is 0 Å². The molecule has 5 heteroatoms. The highest BCUT2D eigenvalue weighted by molar-refractivity contribution is 5.58. The Labute approximate surface area is 62.7 Å². The van der Waals surface area contributed by atoms with Gasteiger partial charge in [-0.1, -0.05) is 6.92 Å². The van der Waals surface area contributed by atoms with Crippen LogP contribution in [-0.4, -0.2) is 30.1 Å². The van der Waals surface area contributed by atoms with Crippen LogP contribution in [0.2, 0.25) is 0 Å². The van der Waals surface area contributed by atoms with Gasteiger partial charge < -0.3 is 0 Å². The van der Waals surface area contributed by atoms with Crippen LogP contribution in [0.25, 0.3) is 0 Å². The van der Waals surface area contributed by atoms with Crippen molar-refractivity contribution in [3.05, 3.63) is 0 Å². The fraction of sp³-hybridized carbons (Fsp3) is 0.833. The molecule has 0 aromatic heterocycles. The van der Waals surface area contributed by atoms with Crippen molar-refractivity contribution in [1.82, 2.24) is 4.90 Å². The second-order valence-corrected chi connectivity index (χ2v) is 2.45. The van der Waals surface area contributed by atoms with E-state index in [-0.39, 0.29) is 12.6 Å². The Morgan fingerprint density at radius 3 is 2.55 bits per heavy atom. The number of halogens is 3. The van der Waals surface area contributed by atoms with E-state index in [2.05, 4.69) is 4.99 Å². The van der Waals surface area contributed by atoms with Crippen molar-refractivity contribution >= 4 is 6.34 Å². The summed E-state index contributed by atoms with van der Waals surface area (Å²) in [5.74, 6) is 0. The lowest BCUT2D eigenvalue weighted by Crippen LogP contribution is -2.36. The third kappa shape index (κ3) is 1.85. The van der Waals surface area contributed by atoms with E-state index in [9.17, 15) is 13.2 Å². The molecule has 1 rings (SSSR count). The second-order valence-electron chi connectivity index (χ2n) is 2.45. The van der Waals surface area contributed by atoms with Crippen LogP contribution in [0.1, 0.15) is 13.3 Å². The lowest BCUT2D eigenvalue weighted by atomic mass is 10.2. The van der Waals surface area contributed by atoms with Gasteiger partial charge in [0.1, 0.15) is 0 Å². The quantitative estimate of drug-likeness (QED) is 0.540. The highest BCUT2D eigenvalue weighted by Gasteiger charge is 2.38. The van der Waals surface area contributed by atoms with Gasteiger partial charge in [-0.2, -0.15) is 13.2 Å². The molecule has 0 saturated carbocycles. The van der Waals surface area contributed by atoms with E-state index in [4.69, 9.17) is 0 Å². The summed E-state index contributed by atoms with van der Waals surface area (Å²) >= 11 is 0. The molecule has 1 atom stereocenters. The fourth-order valence-corrected chi connectivity index (χ4v) is 0.900. The molecule has 0 saturated heterocycles. The highest BCUT2D eigenvalue weighted by Crippen LogP contribution is 2.23. The molecule has 0 spiro atoms. The van der Waals surface area contributed by atoms with Crippen LogP contribution in [0.3, 0.4) is 0 Å². The summed E-state index contributed by atoms with van der Waals surface area (Å²) in [5, 5.41) is 0. The Balaban J connectivity index is 2.50. The van der Waals surface area contributed by atoms with Gasteiger partial charge in [0, 0.05) is 6.54 Å². The molecular formula is C6H9F3N2. The summed E-state index contributed by atoms with van der Waals surface area (Å²) in [6.45, 7) is 1.79. The molecule has 1 unspecified atom stereocenters. The van der Waals surface area contributed by atoms with E-state index in [0.29, 0.717) is 11.3 Å². The van der Waals surface area contributed by atoms with Crippen molar-refractivity contribution in [3.63, 3.8) is 0 Å². The van der Waals surface area contributed by atoms with E-state index < -0.39 is 6.30 Å². The Hall–Kier alpha value is -0.740. The van der Waals surface area contributed by atoms with Crippen molar-refractivity contribution in [2.24, 2.45) is 4.99 Å². The maximum absolute atomic E-state index is 11.9. The van der Waals surface area contributed by atoms with Crippen LogP contribution in [0, 0.1) is 0 Å². The van der Waals surface area contributed by atoms with E-state index in [0.717, 1.165) is 6.34 Å². The summed E-state index contributed by atoms with van der Waals surface area (Å²) in [7, 11) is 0.